The summed E-state index contributed by atoms with van der Waals surface area (Å²) in [5, 5.41) is 0. The molecule has 0 bridgehead atoms. The van der Waals surface area contributed by atoms with Gasteiger partial charge in [-0.05, 0) is 43.1 Å². The van der Waals surface area contributed by atoms with Crippen LogP contribution in [0.2, 0.25) is 0 Å². The highest BCUT2D eigenvalue weighted by Crippen LogP contribution is 2.27. The van der Waals surface area contributed by atoms with Gasteiger partial charge in [-0.2, -0.15) is 4.37 Å². The number of pyridine rings is 1. The van der Waals surface area contributed by atoms with E-state index < -0.39 is 0 Å². The van der Waals surface area contributed by atoms with Crippen LogP contribution in [0.15, 0.2) is 58.3 Å². The SMILES string of the molecule is CCn1c(=O)c2snc(-c3ccccn3)c2n(Cc2ccc(C)cc2)c1=O. The van der Waals surface area contributed by atoms with Gasteiger partial charge in [0.2, 0.25) is 0 Å². The highest BCUT2D eigenvalue weighted by atomic mass is 32.1. The molecule has 3 aromatic heterocycles. The molecule has 0 saturated heterocycles. The third kappa shape index (κ3) is 3.00. The van der Waals surface area contributed by atoms with Gasteiger partial charge in [-0.1, -0.05) is 35.9 Å². The first-order chi connectivity index (χ1) is 13.1. The summed E-state index contributed by atoms with van der Waals surface area (Å²) >= 11 is 1.12. The largest absolute Gasteiger partial charge is 0.331 e. The molecule has 6 nitrogen and oxygen atoms in total. The minimum Gasteiger partial charge on any atom is -0.286 e. The maximum atomic E-state index is 13.1. The lowest BCUT2D eigenvalue weighted by atomic mass is 10.1. The van der Waals surface area contributed by atoms with Gasteiger partial charge in [-0.3, -0.25) is 18.9 Å². The summed E-state index contributed by atoms with van der Waals surface area (Å²) in [5.74, 6) is 0. The summed E-state index contributed by atoms with van der Waals surface area (Å²) in [6.45, 7) is 4.51. The van der Waals surface area contributed by atoms with Gasteiger partial charge >= 0.3 is 5.69 Å². The zero-order valence-corrected chi connectivity index (χ0v) is 15.9. The molecule has 0 unspecified atom stereocenters. The van der Waals surface area contributed by atoms with Crippen molar-refractivity contribution in [2.75, 3.05) is 0 Å². The molecule has 27 heavy (non-hydrogen) atoms. The zero-order chi connectivity index (χ0) is 19.0. The fourth-order valence-electron chi connectivity index (χ4n) is 3.10. The molecule has 1 aromatic carbocycles. The normalized spacial score (nSPS) is 11.2. The Bertz CT molecular complexity index is 1220. The van der Waals surface area contributed by atoms with Crippen molar-refractivity contribution in [3.8, 4) is 11.4 Å². The predicted octanol–water partition coefficient (Wildman–Crippen LogP) is 3.06. The van der Waals surface area contributed by atoms with E-state index in [1.54, 1.807) is 17.7 Å². The molecule has 136 valence electrons. The Hall–Kier alpha value is -3.06. The van der Waals surface area contributed by atoms with Gasteiger partial charge in [0.1, 0.15) is 10.4 Å². The van der Waals surface area contributed by atoms with E-state index in [4.69, 9.17) is 0 Å². The van der Waals surface area contributed by atoms with Gasteiger partial charge < -0.3 is 0 Å². The fourth-order valence-corrected chi connectivity index (χ4v) is 3.94. The minimum atomic E-state index is -0.326. The highest BCUT2D eigenvalue weighted by molar-refractivity contribution is 7.13. The standard InChI is InChI=1S/C20H18N4O2S/c1-3-23-19(25)18-17(16(22-27-18)15-6-4-5-11-21-15)24(20(23)26)12-14-9-7-13(2)8-10-14/h4-11H,3,12H2,1-2H3. The van der Waals surface area contributed by atoms with Crippen LogP contribution in [0, 0.1) is 6.92 Å². The molecule has 0 aliphatic rings. The molecule has 0 saturated carbocycles. The van der Waals surface area contributed by atoms with E-state index in [0.717, 1.165) is 22.7 Å². The van der Waals surface area contributed by atoms with Gasteiger partial charge in [-0.15, -0.1) is 0 Å². The number of fused-ring (bicyclic) bond motifs is 1. The molecule has 0 aliphatic heterocycles. The lowest BCUT2D eigenvalue weighted by molar-refractivity contribution is 0.620. The molecule has 0 amide bonds. The average Bonchev–Trinajstić information content (AvgIpc) is 3.13. The molecule has 3 heterocycles. The van der Waals surface area contributed by atoms with Crippen molar-refractivity contribution < 1.29 is 0 Å². The maximum absolute atomic E-state index is 13.1. The maximum Gasteiger partial charge on any atom is 0.331 e. The second-order valence-electron chi connectivity index (χ2n) is 6.33. The Morgan fingerprint density at radius 3 is 2.48 bits per heavy atom. The van der Waals surface area contributed by atoms with Gasteiger partial charge in [-0.25, -0.2) is 4.79 Å². The second kappa shape index (κ2) is 6.92. The van der Waals surface area contributed by atoms with E-state index in [-0.39, 0.29) is 11.2 Å². The van der Waals surface area contributed by atoms with Gasteiger partial charge in [0.15, 0.2) is 0 Å². The molecular weight excluding hydrogens is 360 g/mol. The van der Waals surface area contributed by atoms with Gasteiger partial charge in [0.05, 0.1) is 17.8 Å². The van der Waals surface area contributed by atoms with E-state index in [9.17, 15) is 9.59 Å². The molecule has 0 atom stereocenters. The number of aryl methyl sites for hydroxylation is 1. The minimum absolute atomic E-state index is 0.294. The van der Waals surface area contributed by atoms with Crippen LogP contribution >= 0.6 is 11.5 Å². The number of hydrogen-bond donors (Lipinski definition) is 0. The van der Waals surface area contributed by atoms with Crippen molar-refractivity contribution in [1.29, 1.82) is 0 Å². The Balaban J connectivity index is 2.02. The van der Waals surface area contributed by atoms with E-state index in [2.05, 4.69) is 9.36 Å². The predicted molar refractivity (Wildman–Crippen MR) is 107 cm³/mol. The van der Waals surface area contributed by atoms with Crippen molar-refractivity contribution in [2.45, 2.75) is 26.9 Å². The summed E-state index contributed by atoms with van der Waals surface area (Å²) in [7, 11) is 0. The molecule has 7 heteroatoms. The smallest absolute Gasteiger partial charge is 0.286 e. The van der Waals surface area contributed by atoms with Crippen LogP contribution in [0.4, 0.5) is 0 Å². The number of nitrogens with zero attached hydrogens (tertiary/aromatic N) is 4. The summed E-state index contributed by atoms with van der Waals surface area (Å²) in [4.78, 5) is 30.2. The van der Waals surface area contributed by atoms with E-state index in [1.165, 1.54) is 4.57 Å². The van der Waals surface area contributed by atoms with E-state index >= 15 is 0 Å². The number of benzene rings is 1. The molecular formula is C20H18N4O2S. The first-order valence-corrected chi connectivity index (χ1v) is 9.47. The average molecular weight is 378 g/mol. The molecule has 0 N–H and O–H groups in total. The first kappa shape index (κ1) is 17.4. The quantitative estimate of drug-likeness (QED) is 0.547. The molecule has 4 aromatic rings. The zero-order valence-electron chi connectivity index (χ0n) is 15.0. The van der Waals surface area contributed by atoms with Gasteiger partial charge in [0, 0.05) is 12.7 Å². The van der Waals surface area contributed by atoms with E-state index in [1.807, 2.05) is 49.4 Å². The molecule has 4 rings (SSSR count). The van der Waals surface area contributed by atoms with Crippen LogP contribution in [0.25, 0.3) is 21.6 Å². The van der Waals surface area contributed by atoms with E-state index in [0.29, 0.717) is 34.7 Å². The summed E-state index contributed by atoms with van der Waals surface area (Å²) in [6.07, 6.45) is 1.68. The molecule has 0 spiro atoms. The molecule has 0 radical (unpaired) electrons. The van der Waals surface area contributed by atoms with Crippen LogP contribution < -0.4 is 11.2 Å². The number of rotatable bonds is 4. The third-order valence-corrected chi connectivity index (χ3v) is 5.35. The lowest BCUT2D eigenvalue weighted by Crippen LogP contribution is -2.39. The van der Waals surface area contributed by atoms with Crippen LogP contribution in [0.1, 0.15) is 18.1 Å². The lowest BCUT2D eigenvalue weighted by Gasteiger charge is -2.12. The molecule has 0 aliphatic carbocycles. The van der Waals surface area contributed by atoms with Crippen LogP contribution in [0.3, 0.4) is 0 Å². The van der Waals surface area contributed by atoms with Crippen molar-refractivity contribution in [3.63, 3.8) is 0 Å². The third-order valence-electron chi connectivity index (χ3n) is 4.52. The Labute approximate surface area is 159 Å². The van der Waals surface area contributed by atoms with Crippen molar-refractivity contribution in [1.82, 2.24) is 18.5 Å². The number of aromatic nitrogens is 4. The van der Waals surface area contributed by atoms with Crippen LogP contribution in [0.5, 0.6) is 0 Å². The van der Waals surface area contributed by atoms with Crippen LogP contribution in [-0.4, -0.2) is 18.5 Å². The summed E-state index contributed by atoms with van der Waals surface area (Å²) in [5.41, 5.74) is 3.29. The number of hydrogen-bond acceptors (Lipinski definition) is 5. The first-order valence-electron chi connectivity index (χ1n) is 8.70. The van der Waals surface area contributed by atoms with Crippen LogP contribution in [-0.2, 0) is 13.1 Å². The molecule has 0 fully saturated rings. The van der Waals surface area contributed by atoms with Crippen molar-refractivity contribution in [2.24, 2.45) is 0 Å². The van der Waals surface area contributed by atoms with Crippen molar-refractivity contribution in [3.05, 3.63) is 80.6 Å². The Kier molecular flexibility index (Phi) is 4.45. The summed E-state index contributed by atoms with van der Waals surface area (Å²) in [6, 6.07) is 13.5. The Morgan fingerprint density at radius 2 is 1.81 bits per heavy atom. The monoisotopic (exact) mass is 378 g/mol. The summed E-state index contributed by atoms with van der Waals surface area (Å²) < 4.78 is 7.84. The second-order valence-corrected chi connectivity index (χ2v) is 7.10. The van der Waals surface area contributed by atoms with Crippen molar-refractivity contribution >= 4 is 21.7 Å². The highest BCUT2D eigenvalue weighted by Gasteiger charge is 2.20. The topological polar surface area (TPSA) is 69.8 Å². The fraction of sp³-hybridized carbons (Fsp3) is 0.200. The van der Waals surface area contributed by atoms with Gasteiger partial charge in [0.25, 0.3) is 5.56 Å². The Morgan fingerprint density at radius 1 is 1.04 bits per heavy atom.